The zero-order valence-electron chi connectivity index (χ0n) is 13.1. The topological polar surface area (TPSA) is 105 Å². The molecule has 3 aliphatic heterocycles. The molecule has 0 bridgehead atoms. The third kappa shape index (κ3) is 3.78. The SMILES string of the molecule is O=C(O)N1CCC2(CC1)CC(NS(=O)(=O)C1CCOCC1)CO2. The molecule has 2 N–H and O–H groups in total. The zero-order chi connectivity index (χ0) is 16.5. The largest absolute Gasteiger partial charge is 0.465 e. The fourth-order valence-electron chi connectivity index (χ4n) is 3.69. The van der Waals surface area contributed by atoms with E-state index in [1.165, 1.54) is 4.90 Å². The third-order valence-electron chi connectivity index (χ3n) is 5.09. The van der Waals surface area contributed by atoms with Crippen LogP contribution in [0.4, 0.5) is 4.79 Å². The van der Waals surface area contributed by atoms with Crippen molar-refractivity contribution in [2.24, 2.45) is 0 Å². The van der Waals surface area contributed by atoms with Crippen LogP contribution in [0.15, 0.2) is 0 Å². The Balaban J connectivity index is 1.55. The quantitative estimate of drug-likeness (QED) is 0.764. The summed E-state index contributed by atoms with van der Waals surface area (Å²) in [4.78, 5) is 12.4. The Morgan fingerprint density at radius 1 is 1.22 bits per heavy atom. The number of hydrogen-bond donors (Lipinski definition) is 2. The molecular weight excluding hydrogens is 324 g/mol. The van der Waals surface area contributed by atoms with Gasteiger partial charge in [0.1, 0.15) is 0 Å². The molecule has 1 atom stereocenters. The van der Waals surface area contributed by atoms with Gasteiger partial charge in [0.05, 0.1) is 17.5 Å². The lowest BCUT2D eigenvalue weighted by atomic mass is 9.88. The number of nitrogens with one attached hydrogen (secondary N) is 1. The van der Waals surface area contributed by atoms with Crippen LogP contribution in [0.3, 0.4) is 0 Å². The Bertz CT molecular complexity index is 537. The van der Waals surface area contributed by atoms with Crippen LogP contribution in [0.1, 0.15) is 32.1 Å². The summed E-state index contributed by atoms with van der Waals surface area (Å²) in [5.74, 6) is 0. The second-order valence-electron chi connectivity index (χ2n) is 6.64. The van der Waals surface area contributed by atoms with Gasteiger partial charge in [0.25, 0.3) is 0 Å². The van der Waals surface area contributed by atoms with Crippen molar-refractivity contribution in [2.45, 2.75) is 49.0 Å². The highest BCUT2D eigenvalue weighted by Gasteiger charge is 2.45. The van der Waals surface area contributed by atoms with Gasteiger partial charge in [0.2, 0.25) is 10.0 Å². The lowest BCUT2D eigenvalue weighted by Gasteiger charge is -2.37. The number of nitrogens with zero attached hydrogens (tertiary/aromatic N) is 1. The average molecular weight is 348 g/mol. The lowest BCUT2D eigenvalue weighted by molar-refractivity contribution is -0.0394. The molecule has 1 amide bonds. The molecule has 0 aromatic carbocycles. The van der Waals surface area contributed by atoms with E-state index in [9.17, 15) is 13.2 Å². The Hall–Kier alpha value is -0.900. The maximum absolute atomic E-state index is 12.4. The van der Waals surface area contributed by atoms with E-state index in [0.717, 1.165) is 0 Å². The van der Waals surface area contributed by atoms with Gasteiger partial charge in [-0.15, -0.1) is 0 Å². The molecule has 1 spiro atoms. The highest BCUT2D eigenvalue weighted by Crippen LogP contribution is 2.36. The Morgan fingerprint density at radius 2 is 1.87 bits per heavy atom. The predicted molar refractivity (Wildman–Crippen MR) is 81.8 cm³/mol. The van der Waals surface area contributed by atoms with Crippen LogP contribution < -0.4 is 4.72 Å². The van der Waals surface area contributed by atoms with Gasteiger partial charge in [0, 0.05) is 32.3 Å². The molecule has 3 rings (SSSR count). The van der Waals surface area contributed by atoms with Crippen LogP contribution in [0, 0.1) is 0 Å². The van der Waals surface area contributed by atoms with E-state index >= 15 is 0 Å². The van der Waals surface area contributed by atoms with E-state index in [-0.39, 0.29) is 16.9 Å². The first-order valence-electron chi connectivity index (χ1n) is 8.11. The van der Waals surface area contributed by atoms with E-state index in [0.29, 0.717) is 65.0 Å². The number of hydrogen-bond acceptors (Lipinski definition) is 5. The zero-order valence-corrected chi connectivity index (χ0v) is 13.9. The lowest BCUT2D eigenvalue weighted by Crippen LogP contribution is -2.47. The first-order valence-corrected chi connectivity index (χ1v) is 9.66. The number of sulfonamides is 1. The molecule has 132 valence electrons. The van der Waals surface area contributed by atoms with Crippen molar-refractivity contribution in [3.05, 3.63) is 0 Å². The van der Waals surface area contributed by atoms with E-state index in [2.05, 4.69) is 4.72 Å². The van der Waals surface area contributed by atoms with Crippen LogP contribution in [0.25, 0.3) is 0 Å². The highest BCUT2D eigenvalue weighted by molar-refractivity contribution is 7.90. The van der Waals surface area contributed by atoms with E-state index in [4.69, 9.17) is 14.6 Å². The van der Waals surface area contributed by atoms with Gasteiger partial charge in [-0.2, -0.15) is 0 Å². The van der Waals surface area contributed by atoms with Gasteiger partial charge in [-0.05, 0) is 32.1 Å². The van der Waals surface area contributed by atoms with Gasteiger partial charge in [-0.3, -0.25) is 0 Å². The maximum Gasteiger partial charge on any atom is 0.407 e. The molecule has 0 aromatic rings. The van der Waals surface area contributed by atoms with Crippen LogP contribution in [-0.4, -0.2) is 74.3 Å². The second kappa shape index (κ2) is 6.54. The fourth-order valence-corrected chi connectivity index (χ4v) is 5.31. The minimum atomic E-state index is -3.36. The van der Waals surface area contributed by atoms with Crippen molar-refractivity contribution in [1.82, 2.24) is 9.62 Å². The molecular formula is C14H24N2O6S. The first-order chi connectivity index (χ1) is 10.9. The molecule has 3 fully saturated rings. The maximum atomic E-state index is 12.4. The van der Waals surface area contributed by atoms with E-state index < -0.39 is 16.1 Å². The van der Waals surface area contributed by atoms with Gasteiger partial charge in [-0.25, -0.2) is 17.9 Å². The Kier molecular flexibility index (Phi) is 4.82. The molecule has 9 heteroatoms. The number of likely N-dealkylation sites (tertiary alicyclic amines) is 1. The van der Waals surface area contributed by atoms with Crippen LogP contribution in [0.2, 0.25) is 0 Å². The summed E-state index contributed by atoms with van der Waals surface area (Å²) < 4.78 is 38.8. The fraction of sp³-hybridized carbons (Fsp3) is 0.929. The Morgan fingerprint density at radius 3 is 2.48 bits per heavy atom. The normalized spacial score (nSPS) is 29.0. The number of rotatable bonds is 3. The molecule has 0 saturated carbocycles. The summed E-state index contributed by atoms with van der Waals surface area (Å²) >= 11 is 0. The number of piperidine rings is 1. The first kappa shape index (κ1) is 16.9. The smallest absolute Gasteiger partial charge is 0.407 e. The summed E-state index contributed by atoms with van der Waals surface area (Å²) in [6, 6.07) is -0.223. The molecule has 1 unspecified atom stereocenters. The van der Waals surface area contributed by atoms with Crippen LogP contribution >= 0.6 is 0 Å². The van der Waals surface area contributed by atoms with Gasteiger partial charge in [0.15, 0.2) is 0 Å². The van der Waals surface area contributed by atoms with Gasteiger partial charge < -0.3 is 19.5 Å². The van der Waals surface area contributed by atoms with Crippen LogP contribution in [0.5, 0.6) is 0 Å². The Labute approximate surface area is 136 Å². The molecule has 0 radical (unpaired) electrons. The summed E-state index contributed by atoms with van der Waals surface area (Å²) in [7, 11) is -3.36. The van der Waals surface area contributed by atoms with Crippen molar-refractivity contribution in [2.75, 3.05) is 32.9 Å². The second-order valence-corrected chi connectivity index (χ2v) is 8.63. The highest BCUT2D eigenvalue weighted by atomic mass is 32.2. The monoisotopic (exact) mass is 348 g/mol. The summed E-state index contributed by atoms with van der Waals surface area (Å²) in [5.41, 5.74) is -0.380. The molecule has 3 saturated heterocycles. The van der Waals surface area contributed by atoms with E-state index in [1.807, 2.05) is 0 Å². The molecule has 3 aliphatic rings. The van der Waals surface area contributed by atoms with Gasteiger partial charge >= 0.3 is 6.09 Å². The minimum absolute atomic E-state index is 0.223. The summed E-state index contributed by atoms with van der Waals surface area (Å²) in [6.07, 6.45) is 2.00. The van der Waals surface area contributed by atoms with Crippen LogP contribution in [-0.2, 0) is 19.5 Å². The standard InChI is InChI=1S/C14H24N2O6S/c17-13(18)16-5-3-14(4-6-16)9-11(10-22-14)15-23(19,20)12-1-7-21-8-2-12/h11-12,15H,1-10H2,(H,17,18). The molecule has 23 heavy (non-hydrogen) atoms. The molecule has 3 heterocycles. The number of amides is 1. The third-order valence-corrected chi connectivity index (χ3v) is 7.10. The van der Waals surface area contributed by atoms with Crippen molar-refractivity contribution in [1.29, 1.82) is 0 Å². The van der Waals surface area contributed by atoms with Gasteiger partial charge in [-0.1, -0.05) is 0 Å². The molecule has 8 nitrogen and oxygen atoms in total. The summed E-state index contributed by atoms with van der Waals surface area (Å²) in [5, 5.41) is 8.61. The van der Waals surface area contributed by atoms with Crippen molar-refractivity contribution < 1.29 is 27.8 Å². The molecule has 0 aliphatic carbocycles. The van der Waals surface area contributed by atoms with Crippen molar-refractivity contribution >= 4 is 16.1 Å². The number of ether oxygens (including phenoxy) is 2. The summed E-state index contributed by atoms with van der Waals surface area (Å²) in [6.45, 7) is 2.21. The van der Waals surface area contributed by atoms with Crippen molar-refractivity contribution in [3.63, 3.8) is 0 Å². The van der Waals surface area contributed by atoms with Crippen molar-refractivity contribution in [3.8, 4) is 0 Å². The number of carbonyl (C=O) groups is 1. The minimum Gasteiger partial charge on any atom is -0.465 e. The van der Waals surface area contributed by atoms with E-state index in [1.54, 1.807) is 0 Å². The molecule has 0 aromatic heterocycles. The average Bonchev–Trinajstić information content (AvgIpc) is 2.90. The predicted octanol–water partition coefficient (Wildman–Crippen LogP) is 0.386. The number of carboxylic acid groups (broad SMARTS) is 1.